The van der Waals surface area contributed by atoms with E-state index in [2.05, 4.69) is 5.32 Å². The number of furan rings is 1. The lowest BCUT2D eigenvalue weighted by molar-refractivity contribution is -0.122. The summed E-state index contributed by atoms with van der Waals surface area (Å²) >= 11 is 0. The molecule has 1 aromatic heterocycles. The summed E-state index contributed by atoms with van der Waals surface area (Å²) in [6.07, 6.45) is 0.414. The van der Waals surface area contributed by atoms with Crippen molar-refractivity contribution in [2.75, 3.05) is 24.6 Å². The van der Waals surface area contributed by atoms with Crippen LogP contribution in [0.4, 0.5) is 0 Å². The lowest BCUT2D eigenvalue weighted by atomic mass is 10.2. The number of carbonyl (C=O) groups is 2. The van der Waals surface area contributed by atoms with E-state index in [-0.39, 0.29) is 41.7 Å². The van der Waals surface area contributed by atoms with Gasteiger partial charge in [0.25, 0.3) is 5.91 Å². The third kappa shape index (κ3) is 4.01. The number of sulfone groups is 1. The van der Waals surface area contributed by atoms with E-state index in [1.54, 1.807) is 19.1 Å². The first-order valence-corrected chi connectivity index (χ1v) is 9.98. The molecule has 1 aliphatic rings. The lowest BCUT2D eigenvalue weighted by Gasteiger charge is -2.20. The van der Waals surface area contributed by atoms with E-state index in [1.807, 2.05) is 18.2 Å². The number of likely N-dealkylation sites (N-methyl/N-ethyl adjacent to an activating group) is 1. The van der Waals surface area contributed by atoms with Crippen LogP contribution in [0.15, 0.2) is 34.7 Å². The van der Waals surface area contributed by atoms with Crippen LogP contribution >= 0.6 is 0 Å². The first-order chi connectivity index (χ1) is 11.9. The minimum atomic E-state index is -3.06. The van der Waals surface area contributed by atoms with E-state index in [9.17, 15) is 18.0 Å². The summed E-state index contributed by atoms with van der Waals surface area (Å²) in [5.41, 5.74) is 0.613. The number of fused-ring (bicyclic) bond motifs is 1. The molecule has 1 N–H and O–H groups in total. The monoisotopic (exact) mass is 364 g/mol. The van der Waals surface area contributed by atoms with Crippen LogP contribution in [0.5, 0.6) is 0 Å². The zero-order valence-electron chi connectivity index (χ0n) is 13.9. The van der Waals surface area contributed by atoms with Crippen LogP contribution < -0.4 is 5.32 Å². The number of rotatable bonds is 5. The van der Waals surface area contributed by atoms with Crippen molar-refractivity contribution in [3.8, 4) is 0 Å². The molecule has 2 amide bonds. The fourth-order valence-corrected chi connectivity index (χ4v) is 4.60. The molecule has 2 aromatic rings. The van der Waals surface area contributed by atoms with Crippen molar-refractivity contribution in [2.45, 2.75) is 19.4 Å². The number of nitrogens with one attached hydrogen (secondary N) is 1. The first-order valence-electron chi connectivity index (χ1n) is 8.15. The van der Waals surface area contributed by atoms with Gasteiger partial charge in [-0.1, -0.05) is 18.2 Å². The number of hydrogen-bond donors (Lipinski definition) is 1. The van der Waals surface area contributed by atoms with Crippen LogP contribution in [0.2, 0.25) is 0 Å². The number of amides is 2. The summed E-state index contributed by atoms with van der Waals surface area (Å²) in [5.74, 6) is -0.504. The highest BCUT2D eigenvalue weighted by atomic mass is 32.2. The molecule has 1 aromatic carbocycles. The molecule has 1 atom stereocenters. The number of para-hydroxylation sites is 1. The van der Waals surface area contributed by atoms with Crippen molar-refractivity contribution < 1.29 is 22.4 Å². The molecule has 0 aliphatic carbocycles. The fourth-order valence-electron chi connectivity index (χ4n) is 2.93. The maximum atomic E-state index is 12.6. The van der Waals surface area contributed by atoms with Gasteiger partial charge in [0.05, 0.1) is 18.1 Å². The number of benzene rings is 1. The van der Waals surface area contributed by atoms with Gasteiger partial charge in [-0.25, -0.2) is 8.42 Å². The predicted molar refractivity (Wildman–Crippen MR) is 93.0 cm³/mol. The molecule has 25 heavy (non-hydrogen) atoms. The Labute approximate surface area is 145 Å². The van der Waals surface area contributed by atoms with Crippen molar-refractivity contribution in [2.24, 2.45) is 0 Å². The van der Waals surface area contributed by atoms with Crippen molar-refractivity contribution in [3.63, 3.8) is 0 Å². The third-order valence-corrected chi connectivity index (χ3v) is 6.01. The molecule has 3 rings (SSSR count). The highest BCUT2D eigenvalue weighted by molar-refractivity contribution is 7.91. The Morgan fingerprint density at radius 2 is 2.08 bits per heavy atom. The summed E-state index contributed by atoms with van der Waals surface area (Å²) in [5, 5.41) is 3.51. The normalized spacial score (nSPS) is 19.0. The van der Waals surface area contributed by atoms with Gasteiger partial charge in [0, 0.05) is 18.0 Å². The van der Waals surface area contributed by atoms with Gasteiger partial charge in [-0.05, 0) is 25.5 Å². The van der Waals surface area contributed by atoms with Crippen molar-refractivity contribution in [1.29, 1.82) is 0 Å². The van der Waals surface area contributed by atoms with Gasteiger partial charge in [0.15, 0.2) is 15.6 Å². The molecule has 0 bridgehead atoms. The van der Waals surface area contributed by atoms with E-state index in [0.717, 1.165) is 5.39 Å². The summed E-state index contributed by atoms with van der Waals surface area (Å²) < 4.78 is 28.5. The van der Waals surface area contributed by atoms with Gasteiger partial charge < -0.3 is 14.6 Å². The lowest BCUT2D eigenvalue weighted by Crippen LogP contribution is -2.44. The Morgan fingerprint density at radius 1 is 1.32 bits per heavy atom. The highest BCUT2D eigenvalue weighted by Gasteiger charge is 2.29. The van der Waals surface area contributed by atoms with Gasteiger partial charge >= 0.3 is 0 Å². The molecule has 1 saturated heterocycles. The van der Waals surface area contributed by atoms with Crippen LogP contribution in [0, 0.1) is 0 Å². The van der Waals surface area contributed by atoms with Crippen LogP contribution in [0.25, 0.3) is 11.0 Å². The van der Waals surface area contributed by atoms with E-state index in [4.69, 9.17) is 4.42 Å². The SMILES string of the molecule is CCN(CC(=O)N[C@@H]1CCS(=O)(=O)C1)C(=O)c1cc2ccccc2o1. The highest BCUT2D eigenvalue weighted by Crippen LogP contribution is 2.20. The topological polar surface area (TPSA) is 96.7 Å². The molecule has 2 heterocycles. The molecule has 0 unspecified atom stereocenters. The zero-order chi connectivity index (χ0) is 18.0. The van der Waals surface area contributed by atoms with Gasteiger partial charge in [0.1, 0.15) is 5.58 Å². The minimum Gasteiger partial charge on any atom is -0.451 e. The van der Waals surface area contributed by atoms with Gasteiger partial charge in [-0.3, -0.25) is 9.59 Å². The number of hydrogen-bond acceptors (Lipinski definition) is 5. The molecule has 0 radical (unpaired) electrons. The molecule has 1 fully saturated rings. The average molecular weight is 364 g/mol. The fraction of sp³-hybridized carbons (Fsp3) is 0.412. The Balaban J connectivity index is 1.65. The number of carbonyl (C=O) groups excluding carboxylic acids is 2. The second-order valence-electron chi connectivity index (χ2n) is 6.14. The standard InChI is InChI=1S/C17H20N2O5S/c1-2-19(10-16(20)18-13-7-8-25(22,23)11-13)17(21)15-9-12-5-3-4-6-14(12)24-15/h3-6,9,13H,2,7-8,10-11H2,1H3,(H,18,20)/t13-/m1/s1. The maximum absolute atomic E-state index is 12.6. The molecule has 0 saturated carbocycles. The van der Waals surface area contributed by atoms with Crippen molar-refractivity contribution in [3.05, 3.63) is 36.1 Å². The first kappa shape index (κ1) is 17.5. The predicted octanol–water partition coefficient (Wildman–Crippen LogP) is 1.20. The summed E-state index contributed by atoms with van der Waals surface area (Å²) in [7, 11) is -3.06. The number of nitrogens with zero attached hydrogens (tertiary/aromatic N) is 1. The largest absolute Gasteiger partial charge is 0.451 e. The average Bonchev–Trinajstić information content (AvgIpc) is 3.14. The Bertz CT molecular complexity index is 870. The van der Waals surface area contributed by atoms with Crippen molar-refractivity contribution >= 4 is 32.6 Å². The molecule has 8 heteroatoms. The molecular formula is C17H20N2O5S. The smallest absolute Gasteiger partial charge is 0.290 e. The van der Waals surface area contributed by atoms with Gasteiger partial charge in [-0.2, -0.15) is 0 Å². The molecule has 134 valence electrons. The molecule has 7 nitrogen and oxygen atoms in total. The third-order valence-electron chi connectivity index (χ3n) is 4.24. The van der Waals surface area contributed by atoms with Crippen molar-refractivity contribution in [1.82, 2.24) is 10.2 Å². The van der Waals surface area contributed by atoms with Crippen LogP contribution in [-0.2, 0) is 14.6 Å². The molecular weight excluding hydrogens is 344 g/mol. The summed E-state index contributed by atoms with van der Waals surface area (Å²) in [6, 6.07) is 8.57. The second-order valence-corrected chi connectivity index (χ2v) is 8.36. The quantitative estimate of drug-likeness (QED) is 0.860. The van der Waals surface area contributed by atoms with Gasteiger partial charge in [0.2, 0.25) is 5.91 Å². The summed E-state index contributed by atoms with van der Waals surface area (Å²) in [6.45, 7) is 1.98. The van der Waals surface area contributed by atoms with E-state index < -0.39 is 9.84 Å². The minimum absolute atomic E-state index is 0.0393. The molecule has 1 aliphatic heterocycles. The van der Waals surface area contributed by atoms with Crippen LogP contribution in [0.3, 0.4) is 0 Å². The Morgan fingerprint density at radius 3 is 2.72 bits per heavy atom. The Kier molecular flexibility index (Phi) is 4.80. The van der Waals surface area contributed by atoms with E-state index in [1.165, 1.54) is 4.90 Å². The maximum Gasteiger partial charge on any atom is 0.290 e. The van der Waals surface area contributed by atoms with Gasteiger partial charge in [-0.15, -0.1) is 0 Å². The Hall–Kier alpha value is -2.35. The van der Waals surface area contributed by atoms with E-state index >= 15 is 0 Å². The van der Waals surface area contributed by atoms with E-state index in [0.29, 0.717) is 18.5 Å². The summed E-state index contributed by atoms with van der Waals surface area (Å²) in [4.78, 5) is 26.1. The van der Waals surface area contributed by atoms with Crippen LogP contribution in [0.1, 0.15) is 23.9 Å². The molecule has 0 spiro atoms. The second kappa shape index (κ2) is 6.87. The zero-order valence-corrected chi connectivity index (χ0v) is 14.7. The van der Waals surface area contributed by atoms with Crippen LogP contribution in [-0.4, -0.2) is 55.8 Å².